The van der Waals surface area contributed by atoms with E-state index >= 15 is 0 Å². The molecule has 1 atom stereocenters. The molecule has 1 aromatic rings. The maximum absolute atomic E-state index is 12.1. The minimum absolute atomic E-state index is 0.250. The van der Waals surface area contributed by atoms with E-state index in [2.05, 4.69) is 5.32 Å². The summed E-state index contributed by atoms with van der Waals surface area (Å²) in [5, 5.41) is 2.70. The average molecular weight is 293 g/mol. The van der Waals surface area contributed by atoms with Gasteiger partial charge in [0.25, 0.3) is 0 Å². The van der Waals surface area contributed by atoms with Crippen LogP contribution in [-0.4, -0.2) is 31.1 Å². The van der Waals surface area contributed by atoms with Crippen molar-refractivity contribution in [1.29, 1.82) is 0 Å². The third-order valence-corrected chi connectivity index (χ3v) is 3.25. The lowest BCUT2D eigenvalue weighted by atomic mass is 9.93. The van der Waals surface area contributed by atoms with Crippen molar-refractivity contribution in [2.24, 2.45) is 0 Å². The molecule has 21 heavy (non-hydrogen) atoms. The normalized spacial score (nSPS) is 13.1. The molecule has 0 radical (unpaired) electrons. The Morgan fingerprint density at radius 1 is 1.24 bits per heavy atom. The van der Waals surface area contributed by atoms with Gasteiger partial charge in [-0.3, -0.25) is 4.79 Å². The van der Waals surface area contributed by atoms with E-state index in [0.717, 1.165) is 11.3 Å². The summed E-state index contributed by atoms with van der Waals surface area (Å²) >= 11 is 0. The first-order valence-corrected chi connectivity index (χ1v) is 7.00. The number of carbonyl (C=O) groups excluding carboxylic acids is 2. The summed E-state index contributed by atoms with van der Waals surface area (Å²) in [5.74, 6) is 0.128. The van der Waals surface area contributed by atoms with Crippen LogP contribution in [0.4, 0.5) is 0 Å². The first-order valence-electron chi connectivity index (χ1n) is 7.00. The van der Waals surface area contributed by atoms with Gasteiger partial charge in [-0.05, 0) is 44.4 Å². The lowest BCUT2D eigenvalue weighted by Crippen LogP contribution is -2.52. The molecule has 1 unspecified atom stereocenters. The Morgan fingerprint density at radius 2 is 1.86 bits per heavy atom. The number of rotatable bonds is 7. The van der Waals surface area contributed by atoms with E-state index in [1.54, 1.807) is 21.0 Å². The topological polar surface area (TPSA) is 64.6 Å². The standard InChI is InChI=1S/C16H23NO4/c1-5-21-15(19)16(3,17-12(2)18)11-10-13-6-8-14(20-4)9-7-13/h6-9H,5,10-11H2,1-4H3,(H,17,18). The van der Waals surface area contributed by atoms with E-state index in [0.29, 0.717) is 12.8 Å². The van der Waals surface area contributed by atoms with E-state index < -0.39 is 11.5 Å². The zero-order chi connectivity index (χ0) is 15.9. The minimum atomic E-state index is -1.01. The molecule has 0 aliphatic rings. The molecule has 0 heterocycles. The minimum Gasteiger partial charge on any atom is -0.497 e. The summed E-state index contributed by atoms with van der Waals surface area (Å²) in [6, 6.07) is 7.63. The molecule has 1 aromatic carbocycles. The predicted octanol–water partition coefficient (Wildman–Crippen LogP) is 2.09. The number of carbonyl (C=O) groups is 2. The number of hydrogen-bond donors (Lipinski definition) is 1. The summed E-state index contributed by atoms with van der Waals surface area (Å²) in [5.41, 5.74) is 0.0542. The summed E-state index contributed by atoms with van der Waals surface area (Å²) in [4.78, 5) is 23.4. The SMILES string of the molecule is CCOC(=O)C(C)(CCc1ccc(OC)cc1)NC(C)=O. The van der Waals surface area contributed by atoms with Gasteiger partial charge >= 0.3 is 5.97 Å². The quantitative estimate of drug-likeness (QED) is 0.782. The van der Waals surface area contributed by atoms with Crippen molar-refractivity contribution in [2.45, 2.75) is 39.2 Å². The first kappa shape index (κ1) is 17.0. The van der Waals surface area contributed by atoms with Crippen molar-refractivity contribution in [3.63, 3.8) is 0 Å². The van der Waals surface area contributed by atoms with Crippen molar-refractivity contribution >= 4 is 11.9 Å². The summed E-state index contributed by atoms with van der Waals surface area (Å²) in [7, 11) is 1.61. The van der Waals surface area contributed by atoms with Gasteiger partial charge in [-0.2, -0.15) is 0 Å². The van der Waals surface area contributed by atoms with Gasteiger partial charge in [0, 0.05) is 6.92 Å². The number of hydrogen-bond acceptors (Lipinski definition) is 4. The van der Waals surface area contributed by atoms with Gasteiger partial charge in [-0.1, -0.05) is 12.1 Å². The number of methoxy groups -OCH3 is 1. The van der Waals surface area contributed by atoms with Crippen molar-refractivity contribution in [2.75, 3.05) is 13.7 Å². The molecular formula is C16H23NO4. The molecule has 0 fully saturated rings. The number of ether oxygens (including phenoxy) is 2. The molecule has 0 saturated heterocycles. The van der Waals surface area contributed by atoms with Crippen LogP contribution in [0, 0.1) is 0 Å². The van der Waals surface area contributed by atoms with E-state index in [1.807, 2.05) is 24.3 Å². The van der Waals surface area contributed by atoms with Crippen molar-refractivity contribution < 1.29 is 19.1 Å². The second kappa shape index (κ2) is 7.67. The Hall–Kier alpha value is -2.04. The molecule has 0 aromatic heterocycles. The van der Waals surface area contributed by atoms with Crippen molar-refractivity contribution in [3.8, 4) is 5.75 Å². The predicted molar refractivity (Wildman–Crippen MR) is 80.2 cm³/mol. The second-order valence-electron chi connectivity index (χ2n) is 5.08. The monoisotopic (exact) mass is 293 g/mol. The smallest absolute Gasteiger partial charge is 0.331 e. The lowest BCUT2D eigenvalue weighted by molar-refractivity contribution is -0.152. The fourth-order valence-electron chi connectivity index (χ4n) is 2.08. The van der Waals surface area contributed by atoms with Crippen LogP contribution in [0.5, 0.6) is 5.75 Å². The van der Waals surface area contributed by atoms with Crippen LogP contribution >= 0.6 is 0 Å². The molecule has 116 valence electrons. The molecule has 5 heteroatoms. The molecule has 0 aliphatic heterocycles. The Balaban J connectivity index is 2.76. The van der Waals surface area contributed by atoms with Gasteiger partial charge in [-0.25, -0.2) is 4.79 Å². The number of nitrogens with one attached hydrogen (secondary N) is 1. The van der Waals surface area contributed by atoms with Gasteiger partial charge in [0.05, 0.1) is 13.7 Å². The molecule has 0 aliphatic carbocycles. The van der Waals surface area contributed by atoms with Crippen LogP contribution in [0.3, 0.4) is 0 Å². The van der Waals surface area contributed by atoms with Crippen LogP contribution in [0.25, 0.3) is 0 Å². The Kier molecular flexibility index (Phi) is 6.21. The zero-order valence-electron chi connectivity index (χ0n) is 13.1. The summed E-state index contributed by atoms with van der Waals surface area (Å²) in [6.07, 6.45) is 1.12. The molecule has 1 N–H and O–H groups in total. The lowest BCUT2D eigenvalue weighted by Gasteiger charge is -2.28. The fraction of sp³-hybridized carbons (Fsp3) is 0.500. The highest BCUT2D eigenvalue weighted by molar-refractivity contribution is 5.86. The third-order valence-electron chi connectivity index (χ3n) is 3.25. The Labute approximate surface area is 125 Å². The molecule has 1 rings (SSSR count). The molecule has 0 bridgehead atoms. The van der Waals surface area contributed by atoms with Crippen LogP contribution < -0.4 is 10.1 Å². The van der Waals surface area contributed by atoms with E-state index in [1.165, 1.54) is 6.92 Å². The summed E-state index contributed by atoms with van der Waals surface area (Å²) in [6.45, 7) is 5.12. The highest BCUT2D eigenvalue weighted by atomic mass is 16.5. The van der Waals surface area contributed by atoms with Gasteiger partial charge in [0.1, 0.15) is 11.3 Å². The van der Waals surface area contributed by atoms with E-state index in [-0.39, 0.29) is 12.5 Å². The number of benzene rings is 1. The first-order chi connectivity index (χ1) is 9.91. The van der Waals surface area contributed by atoms with Gasteiger partial charge in [0.2, 0.25) is 5.91 Å². The van der Waals surface area contributed by atoms with Crippen molar-refractivity contribution in [3.05, 3.63) is 29.8 Å². The Bertz CT molecular complexity index is 484. The van der Waals surface area contributed by atoms with Crippen LogP contribution in [0.15, 0.2) is 24.3 Å². The largest absolute Gasteiger partial charge is 0.497 e. The maximum atomic E-state index is 12.1. The average Bonchev–Trinajstić information content (AvgIpc) is 2.45. The number of esters is 1. The number of aryl methyl sites for hydroxylation is 1. The number of amides is 1. The summed E-state index contributed by atoms with van der Waals surface area (Å²) < 4.78 is 10.2. The van der Waals surface area contributed by atoms with Crippen molar-refractivity contribution in [1.82, 2.24) is 5.32 Å². The molecule has 1 amide bonds. The third kappa shape index (κ3) is 5.10. The van der Waals surface area contributed by atoms with Crippen LogP contribution in [0.1, 0.15) is 32.8 Å². The molecule has 0 spiro atoms. The molecule has 0 saturated carbocycles. The maximum Gasteiger partial charge on any atom is 0.331 e. The Morgan fingerprint density at radius 3 is 2.33 bits per heavy atom. The van der Waals surface area contributed by atoms with Gasteiger partial charge < -0.3 is 14.8 Å². The molecule has 5 nitrogen and oxygen atoms in total. The van der Waals surface area contributed by atoms with Crippen LogP contribution in [0.2, 0.25) is 0 Å². The van der Waals surface area contributed by atoms with Crippen LogP contribution in [-0.2, 0) is 20.7 Å². The van der Waals surface area contributed by atoms with E-state index in [9.17, 15) is 9.59 Å². The van der Waals surface area contributed by atoms with Gasteiger partial charge in [-0.15, -0.1) is 0 Å². The highest BCUT2D eigenvalue weighted by Gasteiger charge is 2.35. The second-order valence-corrected chi connectivity index (χ2v) is 5.08. The van der Waals surface area contributed by atoms with Gasteiger partial charge in [0.15, 0.2) is 0 Å². The fourth-order valence-corrected chi connectivity index (χ4v) is 2.08. The highest BCUT2D eigenvalue weighted by Crippen LogP contribution is 2.18. The van der Waals surface area contributed by atoms with E-state index in [4.69, 9.17) is 9.47 Å². The molecular weight excluding hydrogens is 270 g/mol. The zero-order valence-corrected chi connectivity index (χ0v) is 13.1.